The predicted octanol–water partition coefficient (Wildman–Crippen LogP) is 4.64. The van der Waals surface area contributed by atoms with Gasteiger partial charge < -0.3 is 9.79 Å². The summed E-state index contributed by atoms with van der Waals surface area (Å²) < 4.78 is 15.3. The van der Waals surface area contributed by atoms with E-state index in [1.807, 2.05) is 0 Å². The van der Waals surface area contributed by atoms with E-state index in [4.69, 9.17) is 9.79 Å². The summed E-state index contributed by atoms with van der Waals surface area (Å²) in [5.74, 6) is 0. The lowest BCUT2D eigenvalue weighted by atomic mass is 10.1. The van der Waals surface area contributed by atoms with Crippen LogP contribution in [0.25, 0.3) is 11.1 Å². The largest absolute Gasteiger partial charge is 0.325 e. The Balaban J connectivity index is 1.66. The van der Waals surface area contributed by atoms with Crippen molar-refractivity contribution in [1.29, 1.82) is 0 Å². The van der Waals surface area contributed by atoms with Gasteiger partial charge in [0, 0.05) is 43.3 Å². The highest BCUT2D eigenvalue weighted by Gasteiger charge is 2.11. The highest BCUT2D eigenvalue weighted by Crippen LogP contribution is 2.35. The molecule has 0 aliphatic heterocycles. The van der Waals surface area contributed by atoms with Crippen molar-refractivity contribution in [2.24, 2.45) is 0 Å². The first kappa shape index (κ1) is 23.7. The van der Waals surface area contributed by atoms with Crippen LogP contribution >= 0.6 is 7.60 Å². The van der Waals surface area contributed by atoms with Crippen LogP contribution in [0.4, 0.5) is 0 Å². The van der Waals surface area contributed by atoms with Crippen LogP contribution < -0.4 is 9.13 Å². The molecule has 0 amide bonds. The van der Waals surface area contributed by atoms with E-state index < -0.39 is 7.60 Å². The third-order valence-corrected chi connectivity index (χ3v) is 6.15. The Hall–Kier alpha value is -1.55. The van der Waals surface area contributed by atoms with Crippen molar-refractivity contribution >= 4 is 7.60 Å². The maximum atomic E-state index is 10.8. The summed E-state index contributed by atoms with van der Waals surface area (Å²) >= 11 is 0. The zero-order valence-electron chi connectivity index (χ0n) is 17.7. The lowest BCUT2D eigenvalue weighted by Crippen LogP contribution is -2.33. The second-order valence-corrected chi connectivity index (χ2v) is 9.64. The Morgan fingerprint density at radius 2 is 1.10 bits per heavy atom. The van der Waals surface area contributed by atoms with Crippen molar-refractivity contribution < 1.29 is 23.5 Å². The molecule has 0 fully saturated rings. The highest BCUT2D eigenvalue weighted by molar-refractivity contribution is 7.51. The van der Waals surface area contributed by atoms with Gasteiger partial charge in [-0.15, -0.1) is 0 Å². The molecule has 5 nitrogen and oxygen atoms in total. The molecule has 2 aromatic heterocycles. The van der Waals surface area contributed by atoms with Crippen molar-refractivity contribution in [3.8, 4) is 11.1 Å². The topological polar surface area (TPSA) is 65.3 Å². The zero-order chi connectivity index (χ0) is 21.0. The van der Waals surface area contributed by atoms with Crippen molar-refractivity contribution in [2.45, 2.75) is 77.8 Å². The van der Waals surface area contributed by atoms with Crippen LogP contribution in [0.15, 0.2) is 49.1 Å². The monoisotopic (exact) mass is 420 g/mol. The van der Waals surface area contributed by atoms with Gasteiger partial charge in [-0.1, -0.05) is 32.6 Å². The van der Waals surface area contributed by atoms with Gasteiger partial charge in [0.2, 0.25) is 0 Å². The Labute approximate surface area is 175 Å². The van der Waals surface area contributed by atoms with E-state index >= 15 is 0 Å². The van der Waals surface area contributed by atoms with Gasteiger partial charge in [0.25, 0.3) is 0 Å². The summed E-state index contributed by atoms with van der Waals surface area (Å²) in [5.41, 5.74) is 2.49. The average molecular weight is 421 g/mol. The summed E-state index contributed by atoms with van der Waals surface area (Å²) in [6, 6.07) is 8.74. The number of hydrogen-bond acceptors (Lipinski definition) is 1. The standard InChI is InChI=1S/C23H35N2O3P/c1-2-3-8-15-24-17-11-22(12-18-24)23-13-19-25(20-14-23)16-9-6-4-5-7-10-21-29(26,27)28/h11-14,17-20H,2-10,15-16,21H2,1H3/p+2. The zero-order valence-corrected chi connectivity index (χ0v) is 18.6. The van der Waals surface area contributed by atoms with Gasteiger partial charge >= 0.3 is 7.60 Å². The lowest BCUT2D eigenvalue weighted by Gasteiger charge is -2.04. The third kappa shape index (κ3) is 10.2. The Bertz CT molecular complexity index is 742. The molecule has 6 heteroatoms. The quantitative estimate of drug-likeness (QED) is 0.266. The number of aromatic nitrogens is 2. The van der Waals surface area contributed by atoms with E-state index in [0.717, 1.165) is 45.2 Å². The number of nitrogens with zero attached hydrogens (tertiary/aromatic N) is 2. The van der Waals surface area contributed by atoms with Crippen LogP contribution in [-0.4, -0.2) is 15.9 Å². The lowest BCUT2D eigenvalue weighted by molar-refractivity contribution is -0.697. The van der Waals surface area contributed by atoms with E-state index in [1.54, 1.807) is 0 Å². The fourth-order valence-electron chi connectivity index (χ4n) is 3.46. The van der Waals surface area contributed by atoms with Crippen molar-refractivity contribution in [2.75, 3.05) is 6.16 Å². The van der Waals surface area contributed by atoms with Crippen LogP contribution in [0.1, 0.15) is 64.7 Å². The van der Waals surface area contributed by atoms with Gasteiger partial charge in [-0.3, -0.25) is 4.57 Å². The van der Waals surface area contributed by atoms with E-state index in [-0.39, 0.29) is 6.16 Å². The minimum Gasteiger partial charge on any atom is -0.324 e. The minimum absolute atomic E-state index is 0.0233. The molecular formula is C23H37N2O3P+2. The maximum absolute atomic E-state index is 10.8. The van der Waals surface area contributed by atoms with E-state index in [1.165, 1.54) is 30.4 Å². The minimum atomic E-state index is -3.81. The van der Waals surface area contributed by atoms with Crippen molar-refractivity contribution in [3.05, 3.63) is 49.1 Å². The molecule has 0 aliphatic carbocycles. The number of hydrogen-bond donors (Lipinski definition) is 2. The van der Waals surface area contributed by atoms with Crippen LogP contribution in [-0.2, 0) is 17.7 Å². The molecular weight excluding hydrogens is 383 g/mol. The molecule has 0 aromatic carbocycles. The number of unbranched alkanes of at least 4 members (excludes halogenated alkanes) is 7. The molecule has 2 rings (SSSR count). The molecule has 0 radical (unpaired) electrons. The van der Waals surface area contributed by atoms with Gasteiger partial charge in [0.05, 0.1) is 0 Å². The van der Waals surface area contributed by atoms with Gasteiger partial charge in [-0.25, -0.2) is 9.13 Å². The van der Waals surface area contributed by atoms with Crippen LogP contribution in [0, 0.1) is 0 Å². The fourth-order valence-corrected chi connectivity index (χ4v) is 4.10. The normalized spacial score (nSPS) is 11.7. The second-order valence-electron chi connectivity index (χ2n) is 7.87. The van der Waals surface area contributed by atoms with Crippen LogP contribution in [0.3, 0.4) is 0 Å². The van der Waals surface area contributed by atoms with Gasteiger partial charge in [0.1, 0.15) is 13.1 Å². The Morgan fingerprint density at radius 1 is 0.690 bits per heavy atom. The van der Waals surface area contributed by atoms with Gasteiger partial charge in [0.15, 0.2) is 24.8 Å². The van der Waals surface area contributed by atoms with E-state index in [2.05, 4.69) is 65.1 Å². The summed E-state index contributed by atoms with van der Waals surface area (Å²) in [6.45, 7) is 4.33. The second kappa shape index (κ2) is 12.9. The third-order valence-electron chi connectivity index (χ3n) is 5.25. The first-order valence-corrected chi connectivity index (χ1v) is 12.8. The molecule has 0 aliphatic rings. The van der Waals surface area contributed by atoms with Crippen LogP contribution in [0.5, 0.6) is 0 Å². The molecule has 0 atom stereocenters. The summed E-state index contributed by atoms with van der Waals surface area (Å²) in [5, 5.41) is 0. The summed E-state index contributed by atoms with van der Waals surface area (Å²) in [6.07, 6.45) is 18.4. The highest BCUT2D eigenvalue weighted by atomic mass is 31.2. The molecule has 160 valence electrons. The van der Waals surface area contributed by atoms with Gasteiger partial charge in [-0.2, -0.15) is 0 Å². The van der Waals surface area contributed by atoms with Gasteiger partial charge in [-0.05, 0) is 30.4 Å². The maximum Gasteiger partial charge on any atom is 0.325 e. The first-order chi connectivity index (χ1) is 14.0. The smallest absolute Gasteiger partial charge is 0.324 e. The van der Waals surface area contributed by atoms with E-state index in [9.17, 15) is 4.57 Å². The number of aryl methyl sites for hydroxylation is 2. The van der Waals surface area contributed by atoms with Crippen molar-refractivity contribution in [3.63, 3.8) is 0 Å². The molecule has 2 N–H and O–H groups in total. The molecule has 0 saturated carbocycles. The average Bonchev–Trinajstić information content (AvgIpc) is 2.70. The molecule has 0 spiro atoms. The SMILES string of the molecule is CCCCC[n+]1ccc(-c2cc[n+](CCCCCCCCP(=O)(O)O)cc2)cc1. The number of rotatable bonds is 14. The summed E-state index contributed by atoms with van der Waals surface area (Å²) in [4.78, 5) is 17.7. The Morgan fingerprint density at radius 3 is 1.55 bits per heavy atom. The van der Waals surface area contributed by atoms with Crippen molar-refractivity contribution in [1.82, 2.24) is 0 Å². The molecule has 0 saturated heterocycles. The Kier molecular flexibility index (Phi) is 10.5. The van der Waals surface area contributed by atoms with Crippen LogP contribution in [0.2, 0.25) is 0 Å². The molecule has 2 heterocycles. The first-order valence-electron chi connectivity index (χ1n) is 11.0. The predicted molar refractivity (Wildman–Crippen MR) is 116 cm³/mol. The summed E-state index contributed by atoms with van der Waals surface area (Å²) in [7, 11) is -3.81. The molecule has 2 aromatic rings. The molecule has 0 unspecified atom stereocenters. The molecule has 0 bridgehead atoms. The molecule has 29 heavy (non-hydrogen) atoms. The number of pyridine rings is 2. The fraction of sp³-hybridized carbons (Fsp3) is 0.565. The van der Waals surface area contributed by atoms with E-state index in [0.29, 0.717) is 6.42 Å².